The lowest BCUT2D eigenvalue weighted by Crippen LogP contribution is -2.33. The number of nitrogens with one attached hydrogen (secondary N) is 1. The fourth-order valence-electron chi connectivity index (χ4n) is 0.968. The largest absolute Gasteiger partial charge is 0.457 e. The zero-order chi connectivity index (χ0) is 10.8. The lowest BCUT2D eigenvalue weighted by Gasteiger charge is -2.14. The molecule has 0 aliphatic heterocycles. The molecular formula is C9H14BrN3O. The highest BCUT2D eigenvalue weighted by atomic mass is 79.9. The van der Waals surface area contributed by atoms with Gasteiger partial charge in [-0.15, -0.1) is 0 Å². The summed E-state index contributed by atoms with van der Waals surface area (Å²) >= 11 is 3.27. The van der Waals surface area contributed by atoms with E-state index in [0.717, 1.165) is 5.56 Å². The Morgan fingerprint density at radius 2 is 2.21 bits per heavy atom. The molecule has 0 fully saturated rings. The minimum atomic E-state index is -0.182. The van der Waals surface area contributed by atoms with E-state index in [2.05, 4.69) is 26.3 Å². The van der Waals surface area contributed by atoms with Crippen molar-refractivity contribution in [2.45, 2.75) is 26.3 Å². The molecule has 14 heavy (non-hydrogen) atoms. The van der Waals surface area contributed by atoms with Crippen LogP contribution in [0.3, 0.4) is 0 Å². The van der Waals surface area contributed by atoms with Crippen LogP contribution < -0.4 is 11.3 Å². The Balaban J connectivity index is 3.05. The van der Waals surface area contributed by atoms with Gasteiger partial charge in [-0.25, -0.2) is 5.84 Å². The second-order valence-corrected chi connectivity index (χ2v) is 4.60. The Hall–Kier alpha value is -0.810. The first-order chi connectivity index (χ1) is 6.44. The van der Waals surface area contributed by atoms with E-state index in [1.54, 1.807) is 12.3 Å². The minimum Gasteiger partial charge on any atom is -0.457 e. The highest BCUT2D eigenvalue weighted by Crippen LogP contribution is 2.19. The second-order valence-electron chi connectivity index (χ2n) is 3.88. The van der Waals surface area contributed by atoms with Crippen molar-refractivity contribution in [2.24, 2.45) is 10.8 Å². The predicted molar refractivity (Wildman–Crippen MR) is 60.0 cm³/mol. The van der Waals surface area contributed by atoms with E-state index in [4.69, 9.17) is 10.3 Å². The van der Waals surface area contributed by atoms with Crippen LogP contribution in [0, 0.1) is 0 Å². The third-order valence-corrected chi connectivity index (χ3v) is 2.07. The van der Waals surface area contributed by atoms with Crippen LogP contribution in [-0.4, -0.2) is 11.4 Å². The molecule has 0 aliphatic carbocycles. The monoisotopic (exact) mass is 259 g/mol. The summed E-state index contributed by atoms with van der Waals surface area (Å²) in [7, 11) is 0. The molecule has 0 amide bonds. The zero-order valence-electron chi connectivity index (χ0n) is 8.47. The summed E-state index contributed by atoms with van der Waals surface area (Å²) < 4.78 is 5.73. The van der Waals surface area contributed by atoms with Crippen LogP contribution in [0.2, 0.25) is 0 Å². The maximum atomic E-state index is 5.40. The fraction of sp³-hybridized carbons (Fsp3) is 0.444. The molecule has 0 atom stereocenters. The van der Waals surface area contributed by atoms with Gasteiger partial charge in [-0.2, -0.15) is 0 Å². The average Bonchev–Trinajstić information content (AvgIpc) is 2.45. The molecule has 0 saturated carbocycles. The van der Waals surface area contributed by atoms with Crippen molar-refractivity contribution in [1.29, 1.82) is 0 Å². The summed E-state index contributed by atoms with van der Waals surface area (Å²) in [6.45, 7) is 6.00. The molecule has 0 unspecified atom stereocenters. The highest BCUT2D eigenvalue weighted by molar-refractivity contribution is 9.10. The van der Waals surface area contributed by atoms with Crippen LogP contribution in [0.25, 0.3) is 0 Å². The van der Waals surface area contributed by atoms with E-state index >= 15 is 0 Å². The molecule has 1 aromatic heterocycles. The molecule has 78 valence electrons. The molecule has 1 aromatic rings. The molecule has 0 spiro atoms. The van der Waals surface area contributed by atoms with Crippen molar-refractivity contribution in [1.82, 2.24) is 5.43 Å². The molecule has 3 N–H and O–H groups in total. The summed E-state index contributed by atoms with van der Waals surface area (Å²) in [5.74, 6) is 6.01. The number of amidine groups is 1. The molecule has 0 aliphatic rings. The molecule has 0 aromatic carbocycles. The number of aliphatic imine (C=N–C) groups is 1. The van der Waals surface area contributed by atoms with E-state index < -0.39 is 0 Å². The number of furan rings is 1. The van der Waals surface area contributed by atoms with Crippen LogP contribution in [0.15, 0.2) is 26.4 Å². The van der Waals surface area contributed by atoms with E-state index in [1.807, 2.05) is 20.8 Å². The SMILES string of the molecule is CC(C)(C)N=C(NN)c1ccoc1Br. The molecule has 0 radical (unpaired) electrons. The number of hydrazine groups is 1. The number of nitrogens with zero attached hydrogens (tertiary/aromatic N) is 1. The molecule has 4 nitrogen and oxygen atoms in total. The van der Waals surface area contributed by atoms with E-state index in [0.29, 0.717) is 10.5 Å². The van der Waals surface area contributed by atoms with Gasteiger partial charge in [0.05, 0.1) is 17.4 Å². The molecule has 0 bridgehead atoms. The normalized spacial score (nSPS) is 13.1. The summed E-state index contributed by atoms with van der Waals surface area (Å²) in [6, 6.07) is 1.80. The van der Waals surface area contributed by atoms with Gasteiger partial charge in [0, 0.05) is 0 Å². The molecule has 5 heteroatoms. The zero-order valence-corrected chi connectivity index (χ0v) is 10.1. The van der Waals surface area contributed by atoms with Crippen LogP contribution in [0.4, 0.5) is 0 Å². The van der Waals surface area contributed by atoms with E-state index in [-0.39, 0.29) is 5.54 Å². The third-order valence-electron chi connectivity index (χ3n) is 1.46. The van der Waals surface area contributed by atoms with Crippen LogP contribution in [0.1, 0.15) is 26.3 Å². The van der Waals surface area contributed by atoms with Crippen LogP contribution in [-0.2, 0) is 0 Å². The van der Waals surface area contributed by atoms with Gasteiger partial charge >= 0.3 is 0 Å². The van der Waals surface area contributed by atoms with Gasteiger partial charge < -0.3 is 9.84 Å². The van der Waals surface area contributed by atoms with Gasteiger partial charge in [-0.3, -0.25) is 4.99 Å². The Morgan fingerprint density at radius 3 is 2.57 bits per heavy atom. The summed E-state index contributed by atoms with van der Waals surface area (Å²) in [6.07, 6.45) is 1.58. The summed E-state index contributed by atoms with van der Waals surface area (Å²) in [4.78, 5) is 4.42. The van der Waals surface area contributed by atoms with Crippen LogP contribution >= 0.6 is 15.9 Å². The van der Waals surface area contributed by atoms with Crippen molar-refractivity contribution in [3.8, 4) is 0 Å². The Labute approximate surface area is 91.7 Å². The minimum absolute atomic E-state index is 0.182. The number of halogens is 1. The molecule has 1 heterocycles. The Morgan fingerprint density at radius 1 is 1.57 bits per heavy atom. The number of rotatable bonds is 1. The van der Waals surface area contributed by atoms with Crippen molar-refractivity contribution >= 4 is 21.8 Å². The number of nitrogens with two attached hydrogens (primary N) is 1. The first-order valence-electron chi connectivity index (χ1n) is 4.24. The number of hydrogen-bond donors (Lipinski definition) is 2. The summed E-state index contributed by atoms with van der Waals surface area (Å²) in [5, 5.41) is 0. The smallest absolute Gasteiger partial charge is 0.179 e. The van der Waals surface area contributed by atoms with E-state index in [1.165, 1.54) is 0 Å². The van der Waals surface area contributed by atoms with Crippen molar-refractivity contribution in [2.75, 3.05) is 0 Å². The maximum Gasteiger partial charge on any atom is 0.179 e. The Bertz CT molecular complexity index is 338. The molecule has 0 saturated heterocycles. The lowest BCUT2D eigenvalue weighted by atomic mass is 10.1. The Kier molecular flexibility index (Phi) is 3.34. The van der Waals surface area contributed by atoms with Gasteiger partial charge in [0.1, 0.15) is 5.84 Å². The predicted octanol–water partition coefficient (Wildman–Crippen LogP) is 2.05. The van der Waals surface area contributed by atoms with Gasteiger partial charge in [-0.05, 0) is 42.8 Å². The molecular weight excluding hydrogens is 246 g/mol. The van der Waals surface area contributed by atoms with Gasteiger partial charge in [-0.1, -0.05) is 0 Å². The second kappa shape index (κ2) is 4.14. The summed E-state index contributed by atoms with van der Waals surface area (Å²) in [5.41, 5.74) is 3.20. The van der Waals surface area contributed by atoms with E-state index in [9.17, 15) is 0 Å². The van der Waals surface area contributed by atoms with Crippen molar-refractivity contribution in [3.63, 3.8) is 0 Å². The standard InChI is InChI=1S/C9H14BrN3O/c1-9(2,3)12-8(13-11)6-4-5-14-7(6)10/h4-5H,11H2,1-3H3,(H,12,13). The average molecular weight is 260 g/mol. The molecule has 1 rings (SSSR count). The maximum absolute atomic E-state index is 5.40. The van der Waals surface area contributed by atoms with Gasteiger partial charge in [0.15, 0.2) is 4.67 Å². The first-order valence-corrected chi connectivity index (χ1v) is 5.03. The van der Waals surface area contributed by atoms with Crippen LogP contribution in [0.5, 0.6) is 0 Å². The lowest BCUT2D eigenvalue weighted by molar-refractivity contribution is 0.539. The third kappa shape index (κ3) is 2.85. The number of hydrogen-bond acceptors (Lipinski definition) is 3. The van der Waals surface area contributed by atoms with Crippen molar-refractivity contribution in [3.05, 3.63) is 22.6 Å². The van der Waals surface area contributed by atoms with Crippen molar-refractivity contribution < 1.29 is 4.42 Å². The quantitative estimate of drug-likeness (QED) is 0.351. The van der Waals surface area contributed by atoms with Gasteiger partial charge in [0.2, 0.25) is 0 Å². The highest BCUT2D eigenvalue weighted by Gasteiger charge is 2.14. The van der Waals surface area contributed by atoms with Gasteiger partial charge in [0.25, 0.3) is 0 Å². The fourth-order valence-corrected chi connectivity index (χ4v) is 1.40. The first kappa shape index (κ1) is 11.3. The topological polar surface area (TPSA) is 63.5 Å².